The number of ether oxygens (including phenoxy) is 1. The van der Waals surface area contributed by atoms with E-state index < -0.39 is 35.6 Å². The van der Waals surface area contributed by atoms with Gasteiger partial charge in [-0.25, -0.2) is 4.79 Å². The van der Waals surface area contributed by atoms with Crippen molar-refractivity contribution in [3.63, 3.8) is 0 Å². The fraction of sp³-hybridized carbons (Fsp3) is 0.286. The van der Waals surface area contributed by atoms with Gasteiger partial charge in [0.25, 0.3) is 0 Å². The van der Waals surface area contributed by atoms with Crippen LogP contribution in [0.5, 0.6) is 0 Å². The molecule has 0 unspecified atom stereocenters. The standard InChI is InChI=1S/C7HF6NO4/c8-6(9,10)3(2(1-14)4(15)16)5(17)18-7(11,12)13/h(H,15,16)/p-1. The number of carboxylic acid groups (broad SMARTS) is 1. The molecule has 0 bridgehead atoms. The Balaban J connectivity index is 5.77. The summed E-state index contributed by atoms with van der Waals surface area (Å²) in [5.74, 6) is -5.82. The molecule has 0 spiro atoms. The highest BCUT2D eigenvalue weighted by molar-refractivity contribution is 6.02. The van der Waals surface area contributed by atoms with Crippen LogP contribution in [0.2, 0.25) is 0 Å². The molecule has 0 fully saturated rings. The molecule has 0 saturated carbocycles. The summed E-state index contributed by atoms with van der Waals surface area (Å²) in [5.41, 5.74) is -5.21. The molecule has 0 radical (unpaired) electrons. The smallest absolute Gasteiger partial charge is 0.544 e. The van der Waals surface area contributed by atoms with E-state index in [2.05, 4.69) is 4.74 Å². The lowest BCUT2D eigenvalue weighted by Crippen LogP contribution is -2.33. The lowest BCUT2D eigenvalue weighted by Gasteiger charge is -2.14. The highest BCUT2D eigenvalue weighted by atomic mass is 19.4. The van der Waals surface area contributed by atoms with Crippen LogP contribution in [0.25, 0.3) is 0 Å². The zero-order valence-corrected chi connectivity index (χ0v) is 7.85. The highest BCUT2D eigenvalue weighted by Gasteiger charge is 2.47. The number of esters is 1. The van der Waals surface area contributed by atoms with E-state index in [1.54, 1.807) is 0 Å². The van der Waals surface area contributed by atoms with Gasteiger partial charge in [0.05, 0.1) is 11.5 Å². The Hall–Kier alpha value is -2.25. The molecular weight excluding hydrogens is 276 g/mol. The van der Waals surface area contributed by atoms with Crippen molar-refractivity contribution in [3.05, 3.63) is 11.1 Å². The van der Waals surface area contributed by atoms with Crippen molar-refractivity contribution in [2.24, 2.45) is 0 Å². The van der Waals surface area contributed by atoms with E-state index in [4.69, 9.17) is 5.26 Å². The Morgan fingerprint density at radius 3 is 1.78 bits per heavy atom. The van der Waals surface area contributed by atoms with Crippen molar-refractivity contribution >= 4 is 11.9 Å². The lowest BCUT2D eigenvalue weighted by molar-refractivity contribution is -0.307. The Bertz CT molecular complexity index is 440. The molecule has 0 aliphatic carbocycles. The number of halogens is 6. The quantitative estimate of drug-likeness (QED) is 0.310. The zero-order chi connectivity index (χ0) is 14.7. The summed E-state index contributed by atoms with van der Waals surface area (Å²) in [6, 6.07) is 0.404. The van der Waals surface area contributed by atoms with Crippen LogP contribution in [-0.2, 0) is 14.3 Å². The van der Waals surface area contributed by atoms with Crippen molar-refractivity contribution in [1.82, 2.24) is 0 Å². The maximum atomic E-state index is 12.2. The number of rotatable bonds is 2. The van der Waals surface area contributed by atoms with Crippen LogP contribution in [0, 0.1) is 11.3 Å². The third-order valence-corrected chi connectivity index (χ3v) is 1.26. The molecule has 11 heteroatoms. The third kappa shape index (κ3) is 4.32. The van der Waals surface area contributed by atoms with Crippen LogP contribution in [0.4, 0.5) is 26.3 Å². The van der Waals surface area contributed by atoms with Crippen molar-refractivity contribution < 1.29 is 45.8 Å². The third-order valence-electron chi connectivity index (χ3n) is 1.26. The molecule has 100 valence electrons. The van der Waals surface area contributed by atoms with Crippen LogP contribution in [-0.4, -0.2) is 24.5 Å². The van der Waals surface area contributed by atoms with E-state index >= 15 is 0 Å². The van der Waals surface area contributed by atoms with Gasteiger partial charge in [-0.05, 0) is 0 Å². The lowest BCUT2D eigenvalue weighted by atomic mass is 10.1. The van der Waals surface area contributed by atoms with E-state index in [-0.39, 0.29) is 0 Å². The molecule has 0 saturated heterocycles. The van der Waals surface area contributed by atoms with Crippen molar-refractivity contribution in [2.45, 2.75) is 12.5 Å². The van der Waals surface area contributed by atoms with E-state index in [0.29, 0.717) is 6.07 Å². The van der Waals surface area contributed by atoms with Crippen LogP contribution < -0.4 is 5.11 Å². The zero-order valence-electron chi connectivity index (χ0n) is 7.85. The highest BCUT2D eigenvalue weighted by Crippen LogP contribution is 2.31. The molecule has 5 nitrogen and oxygen atoms in total. The maximum Gasteiger partial charge on any atom is 0.575 e. The van der Waals surface area contributed by atoms with Gasteiger partial charge in [-0.2, -0.15) is 18.4 Å². The van der Waals surface area contributed by atoms with E-state index in [9.17, 15) is 41.0 Å². The summed E-state index contributed by atoms with van der Waals surface area (Å²) in [6.45, 7) is 0. The van der Waals surface area contributed by atoms with Gasteiger partial charge in [-0.15, -0.1) is 13.2 Å². The number of hydrogen-bond acceptors (Lipinski definition) is 5. The van der Waals surface area contributed by atoms with Gasteiger partial charge < -0.3 is 14.6 Å². The normalized spacial score (nSPS) is 13.4. The average Bonchev–Trinajstić information content (AvgIpc) is 2.07. The fourth-order valence-corrected chi connectivity index (χ4v) is 0.719. The predicted octanol–water partition coefficient (Wildman–Crippen LogP) is 0.182. The average molecular weight is 276 g/mol. The molecular formula is C7F6NO4-. The Morgan fingerprint density at radius 2 is 1.56 bits per heavy atom. The van der Waals surface area contributed by atoms with E-state index in [1.165, 1.54) is 0 Å². The number of nitrogens with zero attached hydrogens (tertiary/aromatic N) is 1. The SMILES string of the molecule is N#CC(C(=O)[O-])=C(C(=O)OC(F)(F)F)C(F)(F)F. The number of nitriles is 1. The first kappa shape index (κ1) is 15.8. The Morgan fingerprint density at radius 1 is 1.11 bits per heavy atom. The molecule has 0 aliphatic rings. The molecule has 0 atom stereocenters. The van der Waals surface area contributed by atoms with Gasteiger partial charge in [0.2, 0.25) is 0 Å². The van der Waals surface area contributed by atoms with Gasteiger partial charge >= 0.3 is 18.5 Å². The molecule has 0 heterocycles. The van der Waals surface area contributed by atoms with Gasteiger partial charge in [0, 0.05) is 0 Å². The van der Waals surface area contributed by atoms with Gasteiger partial charge in [-0.1, -0.05) is 0 Å². The number of hydrogen-bond donors (Lipinski definition) is 0. The summed E-state index contributed by atoms with van der Waals surface area (Å²) in [4.78, 5) is 20.7. The molecule has 0 rings (SSSR count). The number of alkyl halides is 6. The first-order valence-corrected chi connectivity index (χ1v) is 3.63. The summed E-state index contributed by atoms with van der Waals surface area (Å²) >= 11 is 0. The van der Waals surface area contributed by atoms with Crippen LogP contribution in [0.1, 0.15) is 0 Å². The first-order valence-electron chi connectivity index (χ1n) is 3.63. The van der Waals surface area contributed by atoms with Crippen LogP contribution in [0.15, 0.2) is 11.1 Å². The summed E-state index contributed by atoms with van der Waals surface area (Å²) < 4.78 is 73.6. The number of carboxylic acids is 1. The van der Waals surface area contributed by atoms with E-state index in [1.807, 2.05) is 0 Å². The van der Waals surface area contributed by atoms with Crippen molar-refractivity contribution in [2.75, 3.05) is 0 Å². The molecule has 0 aromatic rings. The topological polar surface area (TPSA) is 90.2 Å². The first-order chi connectivity index (χ1) is 7.90. The monoisotopic (exact) mass is 276 g/mol. The minimum atomic E-state index is -5.83. The van der Waals surface area contributed by atoms with Crippen LogP contribution >= 0.6 is 0 Å². The summed E-state index contributed by atoms with van der Waals surface area (Å²) in [6.07, 6.45) is -11.6. The van der Waals surface area contributed by atoms with Crippen molar-refractivity contribution in [3.8, 4) is 6.07 Å². The maximum absolute atomic E-state index is 12.2. The molecule has 18 heavy (non-hydrogen) atoms. The number of aliphatic carboxylic acids is 1. The molecule has 0 aromatic heterocycles. The van der Waals surface area contributed by atoms with Gasteiger partial charge in [0.15, 0.2) is 5.57 Å². The van der Waals surface area contributed by atoms with Crippen LogP contribution in [0.3, 0.4) is 0 Å². The summed E-state index contributed by atoms with van der Waals surface area (Å²) in [7, 11) is 0. The largest absolute Gasteiger partial charge is 0.575 e. The summed E-state index contributed by atoms with van der Waals surface area (Å²) in [5, 5.41) is 18.2. The Labute approximate surface area is 93.9 Å². The van der Waals surface area contributed by atoms with Crippen molar-refractivity contribution in [1.29, 1.82) is 5.26 Å². The molecule has 0 N–H and O–H groups in total. The Kier molecular flexibility index (Phi) is 4.33. The van der Waals surface area contributed by atoms with E-state index in [0.717, 1.165) is 0 Å². The second-order valence-corrected chi connectivity index (χ2v) is 2.48. The molecule has 0 aliphatic heterocycles. The molecule has 0 amide bonds. The fourth-order valence-electron chi connectivity index (χ4n) is 0.719. The van der Waals surface area contributed by atoms with Gasteiger partial charge in [0.1, 0.15) is 6.07 Å². The molecule has 0 aromatic carbocycles. The van der Waals surface area contributed by atoms with Gasteiger partial charge in [-0.3, -0.25) is 0 Å². The second-order valence-electron chi connectivity index (χ2n) is 2.48. The second kappa shape index (κ2) is 4.94. The minimum absolute atomic E-state index is 0.404. The minimum Gasteiger partial charge on any atom is -0.544 e. The number of carbonyl (C=O) groups excluding carboxylic acids is 2. The number of carbonyl (C=O) groups is 2. The predicted molar refractivity (Wildman–Crippen MR) is 35.8 cm³/mol.